The summed E-state index contributed by atoms with van der Waals surface area (Å²) in [5.41, 5.74) is 4.90. The van der Waals surface area contributed by atoms with Gasteiger partial charge in [0.1, 0.15) is 17.2 Å². The zero-order valence-corrected chi connectivity index (χ0v) is 12.7. The maximum Gasteiger partial charge on any atom is 0.290 e. The summed E-state index contributed by atoms with van der Waals surface area (Å²) in [7, 11) is 0. The molecule has 0 saturated carbocycles. The monoisotopic (exact) mass is 310 g/mol. The Hall–Kier alpha value is -3.02. The number of benzene rings is 1. The van der Waals surface area contributed by atoms with Crippen LogP contribution >= 0.6 is 0 Å². The van der Waals surface area contributed by atoms with Crippen molar-refractivity contribution in [2.24, 2.45) is 5.10 Å². The number of hydrazone groups is 1. The second-order valence-corrected chi connectivity index (χ2v) is 5.09. The van der Waals surface area contributed by atoms with E-state index in [9.17, 15) is 9.18 Å². The van der Waals surface area contributed by atoms with Crippen LogP contribution in [0.3, 0.4) is 0 Å². The topological polar surface area (TPSA) is 58.8 Å². The molecule has 0 bridgehead atoms. The minimum absolute atomic E-state index is 0.350. The van der Waals surface area contributed by atoms with Gasteiger partial charge in [-0.2, -0.15) is 5.10 Å². The number of pyridine rings is 1. The van der Waals surface area contributed by atoms with E-state index in [-0.39, 0.29) is 5.82 Å². The van der Waals surface area contributed by atoms with Crippen molar-refractivity contribution in [3.05, 3.63) is 71.4 Å². The molecular weight excluding hydrogens is 295 g/mol. The quantitative estimate of drug-likeness (QED) is 0.597. The second-order valence-electron chi connectivity index (χ2n) is 5.09. The molecule has 0 aliphatic rings. The lowest BCUT2D eigenvalue weighted by molar-refractivity contribution is 0.0948. The highest BCUT2D eigenvalue weighted by Gasteiger charge is 2.16. The molecule has 1 aromatic carbocycles. The fraction of sp³-hybridized carbons (Fsp3) is 0.118. The van der Waals surface area contributed by atoms with E-state index < -0.39 is 5.91 Å². The van der Waals surface area contributed by atoms with E-state index in [2.05, 4.69) is 15.5 Å². The Morgan fingerprint density at radius 1 is 1.22 bits per heavy atom. The van der Waals surface area contributed by atoms with E-state index >= 15 is 0 Å². The van der Waals surface area contributed by atoms with E-state index in [0.29, 0.717) is 28.3 Å². The van der Waals surface area contributed by atoms with E-state index in [1.54, 1.807) is 42.6 Å². The molecule has 1 N–H and O–H groups in total. The van der Waals surface area contributed by atoms with Crippen LogP contribution in [-0.4, -0.2) is 21.0 Å². The zero-order chi connectivity index (χ0) is 16.4. The predicted octanol–water partition coefficient (Wildman–Crippen LogP) is 2.94. The smallest absolute Gasteiger partial charge is 0.290 e. The van der Waals surface area contributed by atoms with Gasteiger partial charge >= 0.3 is 0 Å². The molecule has 0 saturated heterocycles. The highest BCUT2D eigenvalue weighted by atomic mass is 19.1. The molecule has 0 fully saturated rings. The molecule has 116 valence electrons. The van der Waals surface area contributed by atoms with Gasteiger partial charge in [0.15, 0.2) is 0 Å². The molecule has 3 rings (SSSR count). The van der Waals surface area contributed by atoms with Crippen molar-refractivity contribution in [2.75, 3.05) is 0 Å². The van der Waals surface area contributed by atoms with Crippen LogP contribution in [0.5, 0.6) is 0 Å². The minimum Gasteiger partial charge on any atom is -0.295 e. The standard InChI is InChI=1S/C17H15FN4O/c1-11(13-7-3-4-8-14(13)18)20-21-17(23)16-12(2)19-15-9-5-6-10-22(15)16/h3-10H,1-2H3,(H,21,23)/b20-11+. The Morgan fingerprint density at radius 3 is 2.74 bits per heavy atom. The first-order valence-electron chi connectivity index (χ1n) is 7.11. The van der Waals surface area contributed by atoms with Crippen LogP contribution in [0.2, 0.25) is 0 Å². The van der Waals surface area contributed by atoms with E-state index in [4.69, 9.17) is 0 Å². The predicted molar refractivity (Wildman–Crippen MR) is 86.0 cm³/mol. The molecular formula is C17H15FN4O. The van der Waals surface area contributed by atoms with Crippen LogP contribution in [0, 0.1) is 12.7 Å². The molecule has 1 amide bonds. The van der Waals surface area contributed by atoms with Crippen molar-refractivity contribution in [3.63, 3.8) is 0 Å². The number of rotatable bonds is 3. The number of nitrogens with one attached hydrogen (secondary N) is 1. The molecule has 23 heavy (non-hydrogen) atoms. The van der Waals surface area contributed by atoms with Gasteiger partial charge in [-0.25, -0.2) is 14.8 Å². The number of aryl methyl sites for hydroxylation is 1. The lowest BCUT2D eigenvalue weighted by atomic mass is 10.1. The van der Waals surface area contributed by atoms with Gasteiger partial charge in [-0.1, -0.05) is 24.3 Å². The molecule has 2 aromatic heterocycles. The Kier molecular flexibility index (Phi) is 3.89. The number of aromatic nitrogens is 2. The summed E-state index contributed by atoms with van der Waals surface area (Å²) in [6.07, 6.45) is 1.76. The second kappa shape index (κ2) is 6.00. The SMILES string of the molecule is C/C(=N\NC(=O)c1c(C)nc2ccccn12)c1ccccc1F. The van der Waals surface area contributed by atoms with Crippen molar-refractivity contribution in [1.29, 1.82) is 0 Å². The molecule has 6 heteroatoms. The molecule has 0 radical (unpaired) electrons. The van der Waals surface area contributed by atoms with Crippen molar-refractivity contribution in [3.8, 4) is 0 Å². The first-order valence-corrected chi connectivity index (χ1v) is 7.11. The van der Waals surface area contributed by atoms with Gasteiger partial charge in [-0.3, -0.25) is 9.20 Å². The van der Waals surface area contributed by atoms with Gasteiger partial charge in [0, 0.05) is 11.8 Å². The highest BCUT2D eigenvalue weighted by molar-refractivity contribution is 6.01. The molecule has 0 spiro atoms. The summed E-state index contributed by atoms with van der Waals surface area (Å²) in [5.74, 6) is -0.772. The summed E-state index contributed by atoms with van der Waals surface area (Å²) in [4.78, 5) is 16.7. The fourth-order valence-electron chi connectivity index (χ4n) is 2.39. The molecule has 0 atom stereocenters. The van der Waals surface area contributed by atoms with Crippen LogP contribution in [0.4, 0.5) is 4.39 Å². The third kappa shape index (κ3) is 2.83. The summed E-state index contributed by atoms with van der Waals surface area (Å²) in [6, 6.07) is 11.8. The molecule has 5 nitrogen and oxygen atoms in total. The number of hydrogen-bond acceptors (Lipinski definition) is 3. The van der Waals surface area contributed by atoms with Crippen LogP contribution in [0.25, 0.3) is 5.65 Å². The lowest BCUT2D eigenvalue weighted by Crippen LogP contribution is -2.22. The molecule has 0 aliphatic heterocycles. The van der Waals surface area contributed by atoms with Crippen LogP contribution in [0.1, 0.15) is 28.7 Å². The number of hydrogen-bond donors (Lipinski definition) is 1. The van der Waals surface area contributed by atoms with Crippen molar-refractivity contribution in [1.82, 2.24) is 14.8 Å². The average Bonchev–Trinajstić information content (AvgIpc) is 2.88. The number of halogens is 1. The van der Waals surface area contributed by atoms with Gasteiger partial charge in [-0.15, -0.1) is 0 Å². The average molecular weight is 310 g/mol. The van der Waals surface area contributed by atoms with Crippen LogP contribution in [-0.2, 0) is 0 Å². The molecule has 2 heterocycles. The number of carbonyl (C=O) groups is 1. The van der Waals surface area contributed by atoms with E-state index in [1.165, 1.54) is 6.07 Å². The van der Waals surface area contributed by atoms with Gasteiger partial charge in [-0.05, 0) is 32.0 Å². The summed E-state index contributed by atoms with van der Waals surface area (Å²) in [5, 5.41) is 4.00. The normalized spacial score (nSPS) is 11.7. The minimum atomic E-state index is -0.392. The van der Waals surface area contributed by atoms with Gasteiger partial charge < -0.3 is 0 Å². The maximum atomic E-state index is 13.7. The molecule has 0 unspecified atom stereocenters. The van der Waals surface area contributed by atoms with Crippen molar-refractivity contribution < 1.29 is 9.18 Å². The van der Waals surface area contributed by atoms with Crippen LogP contribution < -0.4 is 5.43 Å². The van der Waals surface area contributed by atoms with Gasteiger partial charge in [0.25, 0.3) is 5.91 Å². The molecule has 3 aromatic rings. The third-order valence-corrected chi connectivity index (χ3v) is 3.51. The van der Waals surface area contributed by atoms with Crippen molar-refractivity contribution >= 4 is 17.3 Å². The zero-order valence-electron chi connectivity index (χ0n) is 12.7. The Labute approximate surface area is 132 Å². The van der Waals surface area contributed by atoms with Gasteiger partial charge in [0.2, 0.25) is 0 Å². The van der Waals surface area contributed by atoms with Crippen molar-refractivity contribution in [2.45, 2.75) is 13.8 Å². The Bertz CT molecular complexity index is 914. The number of imidazole rings is 1. The number of carbonyl (C=O) groups excluding carboxylic acids is 1. The first kappa shape index (κ1) is 14.9. The lowest BCUT2D eigenvalue weighted by Gasteiger charge is -2.04. The van der Waals surface area contributed by atoms with E-state index in [1.807, 2.05) is 18.2 Å². The fourth-order valence-corrected chi connectivity index (χ4v) is 2.39. The summed E-state index contributed by atoms with van der Waals surface area (Å²) < 4.78 is 15.4. The summed E-state index contributed by atoms with van der Waals surface area (Å²) >= 11 is 0. The van der Waals surface area contributed by atoms with Crippen LogP contribution in [0.15, 0.2) is 53.8 Å². The summed E-state index contributed by atoms with van der Waals surface area (Å²) in [6.45, 7) is 3.40. The Balaban J connectivity index is 1.88. The van der Waals surface area contributed by atoms with Gasteiger partial charge in [0.05, 0.1) is 11.4 Å². The third-order valence-electron chi connectivity index (χ3n) is 3.51. The van der Waals surface area contributed by atoms with E-state index in [0.717, 1.165) is 0 Å². The Morgan fingerprint density at radius 2 is 1.96 bits per heavy atom. The number of nitrogens with zero attached hydrogens (tertiary/aromatic N) is 3. The number of fused-ring (bicyclic) bond motifs is 1. The maximum absolute atomic E-state index is 13.7. The first-order chi connectivity index (χ1) is 11.1. The molecule has 0 aliphatic carbocycles. The highest BCUT2D eigenvalue weighted by Crippen LogP contribution is 2.12. The largest absolute Gasteiger partial charge is 0.295 e. The number of amides is 1.